The summed E-state index contributed by atoms with van der Waals surface area (Å²) in [4.78, 5) is 47.6. The third-order valence-corrected chi connectivity index (χ3v) is 7.41. The Hall–Kier alpha value is -1.98. The second kappa shape index (κ2) is 9.44. The van der Waals surface area contributed by atoms with E-state index in [2.05, 4.69) is 13.8 Å². The molecule has 2 aliphatic carbocycles. The molecule has 0 amide bonds. The molecule has 0 spiro atoms. The summed E-state index contributed by atoms with van der Waals surface area (Å²) in [5.41, 5.74) is 0.231. The number of allylic oxidation sites excluding steroid dienone is 2. The van der Waals surface area contributed by atoms with Crippen LogP contribution in [0.2, 0.25) is 0 Å². The van der Waals surface area contributed by atoms with Gasteiger partial charge in [0.15, 0.2) is 5.78 Å². The molecule has 0 heterocycles. The molecule has 0 aromatic rings. The second-order valence-corrected chi connectivity index (χ2v) is 9.63. The van der Waals surface area contributed by atoms with Gasteiger partial charge in [-0.15, -0.1) is 0 Å². The van der Waals surface area contributed by atoms with E-state index in [-0.39, 0.29) is 28.9 Å². The average molecular weight is 421 g/mol. The van der Waals surface area contributed by atoms with Crippen molar-refractivity contribution in [1.82, 2.24) is 0 Å². The van der Waals surface area contributed by atoms with Crippen LogP contribution in [0.1, 0.15) is 80.1 Å². The van der Waals surface area contributed by atoms with E-state index in [4.69, 9.17) is 9.47 Å². The Kier molecular flexibility index (Phi) is 7.64. The minimum absolute atomic E-state index is 0.0246. The van der Waals surface area contributed by atoms with Crippen LogP contribution in [0.5, 0.6) is 0 Å². The Morgan fingerprint density at radius 3 is 2.37 bits per heavy atom. The number of carbonyl (C=O) groups is 4. The Bertz CT molecular complexity index is 738. The number of ether oxygens (including phenoxy) is 2. The van der Waals surface area contributed by atoms with Gasteiger partial charge in [0.25, 0.3) is 0 Å². The molecule has 0 saturated heterocycles. The van der Waals surface area contributed by atoms with E-state index in [1.54, 1.807) is 6.08 Å². The van der Waals surface area contributed by atoms with Gasteiger partial charge in [0, 0.05) is 32.1 Å². The van der Waals surface area contributed by atoms with Crippen LogP contribution < -0.4 is 0 Å². The van der Waals surface area contributed by atoms with Gasteiger partial charge < -0.3 is 14.3 Å². The van der Waals surface area contributed by atoms with Crippen LogP contribution >= 0.6 is 0 Å². The van der Waals surface area contributed by atoms with Gasteiger partial charge in [-0.25, -0.2) is 0 Å². The zero-order valence-electron chi connectivity index (χ0n) is 19.2. The van der Waals surface area contributed by atoms with Crippen LogP contribution in [0.25, 0.3) is 0 Å². The van der Waals surface area contributed by atoms with Crippen molar-refractivity contribution in [2.75, 3.05) is 6.61 Å². The normalized spacial score (nSPS) is 31.9. The zero-order valence-corrected chi connectivity index (χ0v) is 19.2. The predicted molar refractivity (Wildman–Crippen MR) is 113 cm³/mol. The highest BCUT2D eigenvalue weighted by atomic mass is 16.5. The van der Waals surface area contributed by atoms with Gasteiger partial charge in [0.05, 0.1) is 6.61 Å². The summed E-state index contributed by atoms with van der Waals surface area (Å²) >= 11 is 0. The Morgan fingerprint density at radius 2 is 1.80 bits per heavy atom. The van der Waals surface area contributed by atoms with Crippen LogP contribution in [0.3, 0.4) is 0 Å². The van der Waals surface area contributed by atoms with Gasteiger partial charge in [-0.05, 0) is 55.9 Å². The van der Waals surface area contributed by atoms with E-state index in [0.29, 0.717) is 38.2 Å². The van der Waals surface area contributed by atoms with Gasteiger partial charge in [0.1, 0.15) is 11.9 Å². The lowest BCUT2D eigenvalue weighted by Crippen LogP contribution is -2.51. The van der Waals surface area contributed by atoms with Crippen molar-refractivity contribution in [3.63, 3.8) is 0 Å². The van der Waals surface area contributed by atoms with Crippen molar-refractivity contribution in [2.24, 2.45) is 22.7 Å². The quantitative estimate of drug-likeness (QED) is 0.547. The summed E-state index contributed by atoms with van der Waals surface area (Å²) in [6, 6.07) is 0. The van der Waals surface area contributed by atoms with Gasteiger partial charge >= 0.3 is 11.9 Å². The molecule has 30 heavy (non-hydrogen) atoms. The first kappa shape index (κ1) is 24.3. The molecule has 0 N–H and O–H groups in total. The summed E-state index contributed by atoms with van der Waals surface area (Å²) in [5, 5.41) is 0. The number of Topliss-reactive ketones (excluding diaryl/α,β-unsaturated/α-hetero) is 1. The lowest BCUT2D eigenvalue weighted by atomic mass is 9.50. The lowest BCUT2D eigenvalue weighted by Gasteiger charge is -2.55. The fourth-order valence-electron chi connectivity index (χ4n) is 5.44. The van der Waals surface area contributed by atoms with Gasteiger partial charge in [-0.1, -0.05) is 26.3 Å². The summed E-state index contributed by atoms with van der Waals surface area (Å²) in [6.07, 6.45) is 4.83. The smallest absolute Gasteiger partial charge is 0.302 e. The third-order valence-electron chi connectivity index (χ3n) is 7.41. The molecule has 2 aliphatic rings. The van der Waals surface area contributed by atoms with Crippen LogP contribution in [0.15, 0.2) is 11.6 Å². The molecule has 5 atom stereocenters. The number of fused-ring (bicyclic) bond motifs is 1. The molecule has 0 aromatic carbocycles. The average Bonchev–Trinajstić information content (AvgIpc) is 2.61. The highest BCUT2D eigenvalue weighted by molar-refractivity contribution is 5.92. The van der Waals surface area contributed by atoms with Crippen molar-refractivity contribution >= 4 is 23.5 Å². The van der Waals surface area contributed by atoms with Crippen molar-refractivity contribution in [3.8, 4) is 0 Å². The molecule has 0 radical (unpaired) electrons. The molecule has 0 bridgehead atoms. The lowest BCUT2D eigenvalue weighted by molar-refractivity contribution is -0.160. The largest absolute Gasteiger partial charge is 0.466 e. The molecule has 1 saturated carbocycles. The zero-order chi connectivity index (χ0) is 22.7. The van der Waals surface area contributed by atoms with Crippen LogP contribution in [-0.2, 0) is 28.7 Å². The van der Waals surface area contributed by atoms with E-state index in [9.17, 15) is 19.2 Å². The number of hydrogen-bond donors (Lipinski definition) is 0. The van der Waals surface area contributed by atoms with Crippen molar-refractivity contribution in [2.45, 2.75) is 86.2 Å². The first-order valence-electron chi connectivity index (χ1n) is 10.9. The number of hydrogen-bond acceptors (Lipinski definition) is 6. The SMILES string of the molecule is CC(=O)CC[C@H](OC(C)=O)[C@@]1(C)CC(=O)C=C2[C@@H]1CC[C@@H](C)[C@]2(C)CCOC(C)=O. The topological polar surface area (TPSA) is 86.7 Å². The highest BCUT2D eigenvalue weighted by Gasteiger charge is 2.54. The van der Waals surface area contributed by atoms with Crippen LogP contribution in [0.4, 0.5) is 0 Å². The fraction of sp³-hybridized carbons (Fsp3) is 0.750. The number of carbonyl (C=O) groups excluding carboxylic acids is 4. The summed E-state index contributed by atoms with van der Waals surface area (Å²) in [5.74, 6) is -0.236. The second-order valence-electron chi connectivity index (χ2n) is 9.63. The van der Waals surface area contributed by atoms with E-state index < -0.39 is 17.5 Å². The van der Waals surface area contributed by atoms with E-state index >= 15 is 0 Å². The Balaban J connectivity index is 2.41. The minimum Gasteiger partial charge on any atom is -0.466 e. The maximum atomic E-state index is 12.9. The Morgan fingerprint density at radius 1 is 1.13 bits per heavy atom. The molecular weight excluding hydrogens is 384 g/mol. The van der Waals surface area contributed by atoms with Crippen LogP contribution in [-0.4, -0.2) is 36.2 Å². The van der Waals surface area contributed by atoms with Gasteiger partial charge in [-0.3, -0.25) is 14.4 Å². The highest BCUT2D eigenvalue weighted by Crippen LogP contribution is 2.59. The molecule has 2 rings (SSSR count). The van der Waals surface area contributed by atoms with Crippen molar-refractivity contribution in [1.29, 1.82) is 0 Å². The minimum atomic E-state index is -0.564. The number of ketones is 2. The summed E-state index contributed by atoms with van der Waals surface area (Å²) in [7, 11) is 0. The van der Waals surface area contributed by atoms with Gasteiger partial charge in [-0.2, -0.15) is 0 Å². The first-order chi connectivity index (χ1) is 13.9. The molecule has 168 valence electrons. The molecule has 0 aromatic heterocycles. The van der Waals surface area contributed by atoms with E-state index in [1.165, 1.54) is 20.8 Å². The van der Waals surface area contributed by atoms with Gasteiger partial charge in [0.2, 0.25) is 0 Å². The molecule has 0 aliphatic heterocycles. The van der Waals surface area contributed by atoms with E-state index in [1.807, 2.05) is 6.92 Å². The monoisotopic (exact) mass is 420 g/mol. The summed E-state index contributed by atoms with van der Waals surface area (Å²) in [6.45, 7) is 11.0. The molecular formula is C24H36O6. The molecule has 6 heteroatoms. The third kappa shape index (κ3) is 5.19. The van der Waals surface area contributed by atoms with E-state index in [0.717, 1.165) is 18.4 Å². The number of esters is 2. The summed E-state index contributed by atoms with van der Waals surface area (Å²) < 4.78 is 10.9. The maximum Gasteiger partial charge on any atom is 0.302 e. The first-order valence-corrected chi connectivity index (χ1v) is 10.9. The molecule has 1 fully saturated rings. The Labute approximate surface area is 179 Å². The standard InChI is InChI=1S/C24H36O6/c1-15-7-9-20-21(23(15,5)11-12-29-17(3)26)13-19(28)14-24(20,6)22(30-18(4)27)10-8-16(2)25/h13,15,20,22H,7-12,14H2,1-6H3/t15-,20+,22+,23+,24+/m1/s1. The fourth-order valence-corrected chi connectivity index (χ4v) is 5.44. The van der Waals surface area contributed by atoms with Crippen molar-refractivity contribution in [3.05, 3.63) is 11.6 Å². The molecule has 0 unspecified atom stereocenters. The maximum absolute atomic E-state index is 12.9. The predicted octanol–water partition coefficient (Wildman–Crippen LogP) is 4.20. The van der Waals surface area contributed by atoms with Crippen LogP contribution in [0, 0.1) is 22.7 Å². The molecule has 6 nitrogen and oxygen atoms in total. The number of rotatable bonds is 8. The van der Waals surface area contributed by atoms with Crippen molar-refractivity contribution < 1.29 is 28.7 Å².